The summed E-state index contributed by atoms with van der Waals surface area (Å²) in [7, 11) is 3.56. The maximum absolute atomic E-state index is 5.50. The lowest BCUT2D eigenvalue weighted by molar-refractivity contribution is 0.0501. The molecule has 0 spiro atoms. The second-order valence-electron chi connectivity index (χ2n) is 3.60. The number of rotatable bonds is 5. The third-order valence-electron chi connectivity index (χ3n) is 2.40. The molecule has 15 heavy (non-hydrogen) atoms. The maximum Gasteiger partial charge on any atom is 0.188 e. The summed E-state index contributed by atoms with van der Waals surface area (Å²) in [6.45, 7) is 4.47. The van der Waals surface area contributed by atoms with Gasteiger partial charge >= 0.3 is 0 Å². The van der Waals surface area contributed by atoms with Gasteiger partial charge in [-0.15, -0.1) is 0 Å². The first-order chi connectivity index (χ1) is 7.19. The molecule has 1 unspecified atom stereocenters. The zero-order valence-electron chi connectivity index (χ0n) is 9.83. The Bertz CT molecular complexity index is 312. The van der Waals surface area contributed by atoms with E-state index in [-0.39, 0.29) is 12.8 Å². The van der Waals surface area contributed by atoms with Gasteiger partial charge in [0.2, 0.25) is 0 Å². The molecular weight excluding hydrogens is 190 g/mol. The Kier molecular flexibility index (Phi) is 4.59. The van der Waals surface area contributed by atoms with E-state index in [1.807, 2.05) is 19.2 Å². The van der Waals surface area contributed by atoms with Gasteiger partial charge in [-0.05, 0) is 27.0 Å². The highest BCUT2D eigenvalue weighted by Gasteiger charge is 2.09. The number of hydrogen-bond acceptors (Lipinski definition) is 3. The number of ether oxygens (including phenoxy) is 2. The first-order valence-electron chi connectivity index (χ1n) is 5.08. The molecule has 0 aromatic heterocycles. The van der Waals surface area contributed by atoms with Crippen LogP contribution in [0.3, 0.4) is 0 Å². The van der Waals surface area contributed by atoms with E-state index in [1.165, 1.54) is 5.56 Å². The number of hydrogen-bond donors (Lipinski definition) is 1. The van der Waals surface area contributed by atoms with Crippen molar-refractivity contribution in [2.24, 2.45) is 0 Å². The first kappa shape index (κ1) is 12.0. The van der Waals surface area contributed by atoms with Crippen molar-refractivity contribution in [3.05, 3.63) is 29.3 Å². The van der Waals surface area contributed by atoms with Gasteiger partial charge in [0.1, 0.15) is 5.75 Å². The van der Waals surface area contributed by atoms with Gasteiger partial charge in [0.05, 0.1) is 0 Å². The maximum atomic E-state index is 5.50. The average Bonchev–Trinajstić information content (AvgIpc) is 2.26. The molecule has 1 aromatic rings. The van der Waals surface area contributed by atoms with Crippen molar-refractivity contribution >= 4 is 0 Å². The molecule has 1 atom stereocenters. The Morgan fingerprint density at radius 3 is 2.73 bits per heavy atom. The van der Waals surface area contributed by atoms with Crippen LogP contribution in [-0.4, -0.2) is 21.0 Å². The summed E-state index contributed by atoms with van der Waals surface area (Å²) in [6, 6.07) is 6.43. The van der Waals surface area contributed by atoms with Crippen LogP contribution in [0.5, 0.6) is 5.75 Å². The second kappa shape index (κ2) is 5.73. The fraction of sp³-hybridized carbons (Fsp3) is 0.500. The second-order valence-corrected chi connectivity index (χ2v) is 3.60. The van der Waals surface area contributed by atoms with E-state index in [2.05, 4.69) is 25.2 Å². The van der Waals surface area contributed by atoms with Crippen LogP contribution in [0.1, 0.15) is 24.1 Å². The van der Waals surface area contributed by atoms with Gasteiger partial charge in [-0.2, -0.15) is 0 Å². The molecule has 0 heterocycles. The summed E-state index contributed by atoms with van der Waals surface area (Å²) in [5, 5.41) is 3.20. The van der Waals surface area contributed by atoms with Crippen LogP contribution in [0.25, 0.3) is 0 Å². The molecule has 0 saturated heterocycles. The van der Waals surface area contributed by atoms with Crippen molar-refractivity contribution in [3.8, 4) is 5.75 Å². The zero-order valence-corrected chi connectivity index (χ0v) is 9.83. The molecule has 3 heteroatoms. The van der Waals surface area contributed by atoms with Gasteiger partial charge in [0.15, 0.2) is 6.79 Å². The standard InChI is InChI=1S/C12H19NO2/c1-9-5-6-12(15-8-14-4)11(7-9)10(2)13-3/h5-7,10,13H,8H2,1-4H3. The minimum atomic E-state index is 0.275. The molecule has 0 amide bonds. The highest BCUT2D eigenvalue weighted by Crippen LogP contribution is 2.26. The molecule has 0 aliphatic heterocycles. The molecule has 1 N–H and O–H groups in total. The van der Waals surface area contributed by atoms with Crippen LogP contribution >= 0.6 is 0 Å². The van der Waals surface area contributed by atoms with Crippen LogP contribution in [0.15, 0.2) is 18.2 Å². The molecule has 0 aliphatic rings. The Hall–Kier alpha value is -1.06. The topological polar surface area (TPSA) is 30.5 Å². The molecule has 0 aliphatic carbocycles. The quantitative estimate of drug-likeness (QED) is 0.754. The van der Waals surface area contributed by atoms with Gasteiger partial charge in [-0.1, -0.05) is 17.7 Å². The summed E-state index contributed by atoms with van der Waals surface area (Å²) in [5.41, 5.74) is 2.39. The third-order valence-corrected chi connectivity index (χ3v) is 2.40. The van der Waals surface area contributed by atoms with Crippen molar-refractivity contribution in [2.45, 2.75) is 19.9 Å². The molecule has 0 saturated carbocycles. The van der Waals surface area contributed by atoms with Crippen LogP contribution in [0.4, 0.5) is 0 Å². The van der Waals surface area contributed by atoms with Gasteiger partial charge in [-0.25, -0.2) is 0 Å². The van der Waals surface area contributed by atoms with E-state index in [0.29, 0.717) is 0 Å². The van der Waals surface area contributed by atoms with Crippen LogP contribution in [-0.2, 0) is 4.74 Å². The van der Waals surface area contributed by atoms with E-state index in [0.717, 1.165) is 11.3 Å². The zero-order chi connectivity index (χ0) is 11.3. The number of aryl methyl sites for hydroxylation is 1. The lowest BCUT2D eigenvalue weighted by Gasteiger charge is -2.16. The largest absolute Gasteiger partial charge is 0.467 e. The summed E-state index contributed by atoms with van der Waals surface area (Å²) in [4.78, 5) is 0. The number of nitrogens with one attached hydrogen (secondary N) is 1. The monoisotopic (exact) mass is 209 g/mol. The Morgan fingerprint density at radius 1 is 1.40 bits per heavy atom. The highest BCUT2D eigenvalue weighted by atomic mass is 16.7. The van der Waals surface area contributed by atoms with Gasteiger partial charge < -0.3 is 14.8 Å². The summed E-state index contributed by atoms with van der Waals surface area (Å²) in [5.74, 6) is 0.879. The van der Waals surface area contributed by atoms with E-state index in [9.17, 15) is 0 Å². The fourth-order valence-electron chi connectivity index (χ4n) is 1.42. The summed E-state index contributed by atoms with van der Waals surface area (Å²) in [6.07, 6.45) is 0. The molecule has 1 aromatic carbocycles. The molecule has 1 rings (SSSR count). The average molecular weight is 209 g/mol. The van der Waals surface area contributed by atoms with Gasteiger partial charge in [0.25, 0.3) is 0 Å². The van der Waals surface area contributed by atoms with Crippen molar-refractivity contribution in [3.63, 3.8) is 0 Å². The lowest BCUT2D eigenvalue weighted by Crippen LogP contribution is -2.14. The predicted octanol–water partition coefficient (Wildman–Crippen LogP) is 2.26. The van der Waals surface area contributed by atoms with Gasteiger partial charge in [-0.3, -0.25) is 0 Å². The number of benzene rings is 1. The minimum Gasteiger partial charge on any atom is -0.467 e. The lowest BCUT2D eigenvalue weighted by atomic mass is 10.0. The van der Waals surface area contributed by atoms with E-state index < -0.39 is 0 Å². The van der Waals surface area contributed by atoms with Crippen molar-refractivity contribution in [1.82, 2.24) is 5.32 Å². The molecular formula is C12H19NO2. The van der Waals surface area contributed by atoms with Crippen LogP contribution < -0.4 is 10.1 Å². The van der Waals surface area contributed by atoms with Crippen LogP contribution in [0, 0.1) is 6.92 Å². The SMILES string of the molecule is CNC(C)c1cc(C)ccc1OCOC. The van der Waals surface area contributed by atoms with E-state index in [4.69, 9.17) is 9.47 Å². The van der Waals surface area contributed by atoms with E-state index in [1.54, 1.807) is 7.11 Å². The molecule has 0 fully saturated rings. The Morgan fingerprint density at radius 2 is 2.13 bits per heavy atom. The minimum absolute atomic E-state index is 0.275. The number of methoxy groups -OCH3 is 1. The summed E-state index contributed by atoms with van der Waals surface area (Å²) >= 11 is 0. The third kappa shape index (κ3) is 3.22. The van der Waals surface area contributed by atoms with Crippen molar-refractivity contribution in [2.75, 3.05) is 21.0 Å². The smallest absolute Gasteiger partial charge is 0.188 e. The van der Waals surface area contributed by atoms with Crippen molar-refractivity contribution in [1.29, 1.82) is 0 Å². The molecule has 3 nitrogen and oxygen atoms in total. The first-order valence-corrected chi connectivity index (χ1v) is 5.08. The van der Waals surface area contributed by atoms with Crippen molar-refractivity contribution < 1.29 is 9.47 Å². The molecule has 0 bridgehead atoms. The van der Waals surface area contributed by atoms with Crippen LogP contribution in [0.2, 0.25) is 0 Å². The predicted molar refractivity (Wildman–Crippen MR) is 61.2 cm³/mol. The fourth-order valence-corrected chi connectivity index (χ4v) is 1.42. The van der Waals surface area contributed by atoms with Gasteiger partial charge in [0, 0.05) is 18.7 Å². The molecule has 0 radical (unpaired) electrons. The van der Waals surface area contributed by atoms with E-state index >= 15 is 0 Å². The Labute approximate surface area is 91.4 Å². The normalized spacial score (nSPS) is 12.5. The Balaban J connectivity index is 2.92. The highest BCUT2D eigenvalue weighted by molar-refractivity contribution is 5.38. The molecule has 84 valence electrons. The summed E-state index contributed by atoms with van der Waals surface area (Å²) < 4.78 is 10.4.